The van der Waals surface area contributed by atoms with Gasteiger partial charge in [-0.05, 0) is 37.2 Å². The van der Waals surface area contributed by atoms with Crippen LogP contribution in [0.25, 0.3) is 0 Å². The van der Waals surface area contributed by atoms with E-state index in [1.54, 1.807) is 0 Å². The van der Waals surface area contributed by atoms with E-state index in [-0.39, 0.29) is 0 Å². The van der Waals surface area contributed by atoms with Gasteiger partial charge in [-0.15, -0.1) is 0 Å². The second-order valence-electron chi connectivity index (χ2n) is 5.20. The highest BCUT2D eigenvalue weighted by Gasteiger charge is 2.15. The van der Waals surface area contributed by atoms with E-state index < -0.39 is 0 Å². The van der Waals surface area contributed by atoms with Gasteiger partial charge in [0.25, 0.3) is 0 Å². The molecule has 0 aromatic rings. The van der Waals surface area contributed by atoms with Crippen LogP contribution in [0.2, 0.25) is 0 Å². The largest absolute Gasteiger partial charge is 0.295 e. The molecule has 0 aromatic carbocycles. The predicted molar refractivity (Wildman–Crippen MR) is 69.5 cm³/mol. The van der Waals surface area contributed by atoms with E-state index >= 15 is 0 Å². The smallest absolute Gasteiger partial charge is 0.158 e. The molecule has 0 saturated heterocycles. The lowest BCUT2D eigenvalue weighted by molar-refractivity contribution is -0.115. The van der Waals surface area contributed by atoms with Gasteiger partial charge in [-0.25, -0.2) is 0 Å². The first-order valence-corrected chi connectivity index (χ1v) is 6.96. The van der Waals surface area contributed by atoms with Crippen LogP contribution in [-0.2, 0) is 4.79 Å². The van der Waals surface area contributed by atoms with Crippen LogP contribution in [0.15, 0.2) is 11.6 Å². The van der Waals surface area contributed by atoms with Crippen molar-refractivity contribution in [3.8, 4) is 0 Å². The lowest BCUT2D eigenvalue weighted by atomic mass is 9.88. The van der Waals surface area contributed by atoms with Crippen LogP contribution in [0.1, 0.15) is 71.6 Å². The van der Waals surface area contributed by atoms with Gasteiger partial charge in [0.1, 0.15) is 0 Å². The third kappa shape index (κ3) is 4.96. The molecule has 0 radical (unpaired) electrons. The molecule has 0 bridgehead atoms. The first-order chi connectivity index (χ1) is 7.74. The summed E-state index contributed by atoms with van der Waals surface area (Å²) in [6, 6.07) is 0. The summed E-state index contributed by atoms with van der Waals surface area (Å²) in [6.45, 7) is 4.49. The number of rotatable bonds is 7. The molecule has 1 aliphatic rings. The second-order valence-corrected chi connectivity index (χ2v) is 5.20. The summed E-state index contributed by atoms with van der Waals surface area (Å²) in [5, 5.41) is 0. The molecule has 1 nitrogen and oxygen atoms in total. The number of unbranched alkanes of at least 4 members (excludes halogenated alkanes) is 4. The van der Waals surface area contributed by atoms with Gasteiger partial charge < -0.3 is 0 Å². The van der Waals surface area contributed by atoms with Crippen LogP contribution >= 0.6 is 0 Å². The molecule has 92 valence electrons. The number of hydrogen-bond donors (Lipinski definition) is 0. The fraction of sp³-hybridized carbons (Fsp3) is 0.800. The van der Waals surface area contributed by atoms with Crippen LogP contribution in [0.5, 0.6) is 0 Å². The topological polar surface area (TPSA) is 17.1 Å². The van der Waals surface area contributed by atoms with Gasteiger partial charge in [0.2, 0.25) is 0 Å². The third-order valence-corrected chi connectivity index (χ3v) is 3.54. The average molecular weight is 222 g/mol. The Morgan fingerprint density at radius 2 is 2.06 bits per heavy atom. The maximum absolute atomic E-state index is 11.9. The quantitative estimate of drug-likeness (QED) is 0.572. The van der Waals surface area contributed by atoms with Crippen LogP contribution in [0.4, 0.5) is 0 Å². The summed E-state index contributed by atoms with van der Waals surface area (Å²) >= 11 is 0. The first-order valence-electron chi connectivity index (χ1n) is 6.96. The lowest BCUT2D eigenvalue weighted by Gasteiger charge is -2.17. The van der Waals surface area contributed by atoms with Gasteiger partial charge in [-0.2, -0.15) is 0 Å². The first kappa shape index (κ1) is 13.5. The van der Waals surface area contributed by atoms with Crippen LogP contribution in [-0.4, -0.2) is 5.78 Å². The molecule has 0 saturated carbocycles. The summed E-state index contributed by atoms with van der Waals surface area (Å²) in [6.07, 6.45) is 12.5. The summed E-state index contributed by atoms with van der Waals surface area (Å²) in [4.78, 5) is 11.9. The van der Waals surface area contributed by atoms with Crippen LogP contribution in [0.3, 0.4) is 0 Å². The van der Waals surface area contributed by atoms with Gasteiger partial charge >= 0.3 is 0 Å². The highest BCUT2D eigenvalue weighted by Crippen LogP contribution is 2.24. The molecule has 1 unspecified atom stereocenters. The van der Waals surface area contributed by atoms with Gasteiger partial charge in [0, 0.05) is 6.42 Å². The van der Waals surface area contributed by atoms with Gasteiger partial charge in [0.05, 0.1) is 0 Å². The van der Waals surface area contributed by atoms with Crippen molar-refractivity contribution in [3.63, 3.8) is 0 Å². The minimum Gasteiger partial charge on any atom is -0.295 e. The number of carbonyl (C=O) groups excluding carboxylic acids is 1. The summed E-state index contributed by atoms with van der Waals surface area (Å²) in [5.41, 5.74) is 1.12. The Morgan fingerprint density at radius 3 is 2.69 bits per heavy atom. The molecular formula is C15H26O. The van der Waals surface area contributed by atoms with E-state index in [0.29, 0.717) is 5.78 Å². The molecule has 0 amide bonds. The highest BCUT2D eigenvalue weighted by atomic mass is 16.1. The SMILES string of the molecule is CCCCCCCC(=O)C1=CCC(C)CC1. The van der Waals surface area contributed by atoms with Crippen molar-refractivity contribution in [3.05, 3.63) is 11.6 Å². The minimum absolute atomic E-state index is 0.420. The normalized spacial score (nSPS) is 20.6. The van der Waals surface area contributed by atoms with Crippen molar-refractivity contribution in [2.24, 2.45) is 5.92 Å². The molecule has 0 spiro atoms. The fourth-order valence-corrected chi connectivity index (χ4v) is 2.27. The van der Waals surface area contributed by atoms with E-state index in [0.717, 1.165) is 37.2 Å². The molecule has 0 aromatic heterocycles. The Labute approximate surface area is 100 Å². The zero-order valence-electron chi connectivity index (χ0n) is 10.9. The zero-order chi connectivity index (χ0) is 11.8. The Morgan fingerprint density at radius 1 is 1.31 bits per heavy atom. The molecule has 1 atom stereocenters. The lowest BCUT2D eigenvalue weighted by Crippen LogP contribution is -2.09. The fourth-order valence-electron chi connectivity index (χ4n) is 2.27. The monoisotopic (exact) mass is 222 g/mol. The Kier molecular flexibility index (Phi) is 6.44. The molecule has 0 N–H and O–H groups in total. The van der Waals surface area contributed by atoms with Crippen LogP contribution in [0, 0.1) is 5.92 Å². The molecule has 1 rings (SSSR count). The average Bonchev–Trinajstić information content (AvgIpc) is 2.29. The molecule has 1 aliphatic carbocycles. The number of Topliss-reactive ketones (excluding diaryl/α,β-unsaturated/α-hetero) is 1. The summed E-state index contributed by atoms with van der Waals surface area (Å²) in [7, 11) is 0. The Balaban J connectivity index is 2.15. The Bertz CT molecular complexity index is 240. The maximum atomic E-state index is 11.9. The molecule has 0 heterocycles. The van der Waals surface area contributed by atoms with E-state index in [9.17, 15) is 4.79 Å². The summed E-state index contributed by atoms with van der Waals surface area (Å²) < 4.78 is 0. The van der Waals surface area contributed by atoms with Crippen LogP contribution < -0.4 is 0 Å². The van der Waals surface area contributed by atoms with E-state index in [1.165, 1.54) is 32.1 Å². The molecule has 0 fully saturated rings. The van der Waals surface area contributed by atoms with Crippen molar-refractivity contribution in [2.45, 2.75) is 71.6 Å². The van der Waals surface area contributed by atoms with Crippen molar-refractivity contribution in [1.82, 2.24) is 0 Å². The number of carbonyl (C=O) groups is 1. The number of allylic oxidation sites excluding steroid dienone is 2. The van der Waals surface area contributed by atoms with Gasteiger partial charge in [0.15, 0.2) is 5.78 Å². The molecule has 1 heteroatoms. The third-order valence-electron chi connectivity index (χ3n) is 3.54. The van der Waals surface area contributed by atoms with Crippen molar-refractivity contribution in [2.75, 3.05) is 0 Å². The zero-order valence-corrected chi connectivity index (χ0v) is 10.9. The predicted octanol–water partition coefficient (Wildman–Crippen LogP) is 4.66. The van der Waals surface area contributed by atoms with Gasteiger partial charge in [-0.1, -0.05) is 45.6 Å². The van der Waals surface area contributed by atoms with Crippen molar-refractivity contribution >= 4 is 5.78 Å². The van der Waals surface area contributed by atoms with E-state index in [4.69, 9.17) is 0 Å². The standard InChI is InChI=1S/C15H26O/c1-3-4-5-6-7-8-15(16)14-11-9-13(2)10-12-14/h11,13H,3-10,12H2,1-2H3. The Hall–Kier alpha value is -0.590. The van der Waals surface area contributed by atoms with Crippen molar-refractivity contribution < 1.29 is 4.79 Å². The maximum Gasteiger partial charge on any atom is 0.158 e. The number of hydrogen-bond acceptors (Lipinski definition) is 1. The summed E-state index contributed by atoms with van der Waals surface area (Å²) in [5.74, 6) is 1.20. The number of ketones is 1. The second kappa shape index (κ2) is 7.65. The van der Waals surface area contributed by atoms with E-state index in [2.05, 4.69) is 19.9 Å². The van der Waals surface area contributed by atoms with Crippen molar-refractivity contribution in [1.29, 1.82) is 0 Å². The molecule has 16 heavy (non-hydrogen) atoms. The highest BCUT2D eigenvalue weighted by molar-refractivity contribution is 5.95. The van der Waals surface area contributed by atoms with E-state index in [1.807, 2.05) is 0 Å². The molecule has 0 aliphatic heterocycles. The minimum atomic E-state index is 0.420. The van der Waals surface area contributed by atoms with Gasteiger partial charge in [-0.3, -0.25) is 4.79 Å². The molecular weight excluding hydrogens is 196 g/mol.